The van der Waals surface area contributed by atoms with Crippen LogP contribution < -0.4 is 0 Å². The number of amides is 1. The largest absolute Gasteiger partial charge is 0.480 e. The fourth-order valence-electron chi connectivity index (χ4n) is 2.22. The van der Waals surface area contributed by atoms with E-state index in [0.29, 0.717) is 13.1 Å². The van der Waals surface area contributed by atoms with Gasteiger partial charge in [-0.25, -0.2) is 0 Å². The van der Waals surface area contributed by atoms with E-state index in [9.17, 15) is 9.59 Å². The Morgan fingerprint density at radius 1 is 1.00 bits per heavy atom. The number of hydrogen-bond donors (Lipinski definition) is 1. The second-order valence-corrected chi connectivity index (χ2v) is 6.80. The number of thioether (sulfide) groups is 1. The maximum atomic E-state index is 12.5. The maximum Gasteiger partial charge on any atom is 0.316 e. The first kappa shape index (κ1) is 18.1. The third-order valence-electron chi connectivity index (χ3n) is 3.61. The summed E-state index contributed by atoms with van der Waals surface area (Å²) < 4.78 is 0. The highest BCUT2D eigenvalue weighted by Crippen LogP contribution is 2.19. The van der Waals surface area contributed by atoms with Gasteiger partial charge in [-0.1, -0.05) is 60.7 Å². The number of hydrogen-bond acceptors (Lipinski definition) is 3. The Hall–Kier alpha value is -2.27. The number of benzene rings is 2. The Kier molecular flexibility index (Phi) is 6.88. The standard InChI is InChI=1S/C19H21NO3S/c1-15(18(21)22)24-19(23)20(14-17-10-6-3-7-11-17)13-12-16-8-4-2-5-9-16/h2-11,15H,12-14H2,1H3,(H,21,22)/t15-/m1/s1. The van der Waals surface area contributed by atoms with Crippen LogP contribution >= 0.6 is 11.8 Å². The molecule has 1 N–H and O–H groups in total. The molecule has 0 heterocycles. The van der Waals surface area contributed by atoms with Crippen molar-refractivity contribution in [2.75, 3.05) is 6.54 Å². The van der Waals surface area contributed by atoms with Crippen molar-refractivity contribution in [2.24, 2.45) is 0 Å². The summed E-state index contributed by atoms with van der Waals surface area (Å²) in [5.41, 5.74) is 2.18. The predicted molar refractivity (Wildman–Crippen MR) is 97.1 cm³/mol. The van der Waals surface area contributed by atoms with Crippen molar-refractivity contribution < 1.29 is 14.7 Å². The van der Waals surface area contributed by atoms with Crippen LogP contribution in [-0.4, -0.2) is 33.0 Å². The molecule has 5 heteroatoms. The first-order chi connectivity index (χ1) is 11.6. The summed E-state index contributed by atoms with van der Waals surface area (Å²) >= 11 is 0.858. The van der Waals surface area contributed by atoms with Crippen LogP contribution in [0.3, 0.4) is 0 Å². The summed E-state index contributed by atoms with van der Waals surface area (Å²) in [6.07, 6.45) is 0.738. The smallest absolute Gasteiger partial charge is 0.316 e. The minimum atomic E-state index is -0.976. The first-order valence-electron chi connectivity index (χ1n) is 7.82. The zero-order valence-electron chi connectivity index (χ0n) is 13.6. The molecule has 0 aliphatic carbocycles. The zero-order chi connectivity index (χ0) is 17.4. The minimum Gasteiger partial charge on any atom is -0.480 e. The van der Waals surface area contributed by atoms with Crippen molar-refractivity contribution in [3.63, 3.8) is 0 Å². The monoisotopic (exact) mass is 343 g/mol. The zero-order valence-corrected chi connectivity index (χ0v) is 14.4. The number of nitrogens with zero attached hydrogens (tertiary/aromatic N) is 1. The SMILES string of the molecule is C[C@@H](SC(=O)N(CCc1ccccc1)Cc1ccccc1)C(=O)O. The van der Waals surface area contributed by atoms with Crippen molar-refractivity contribution in [3.05, 3.63) is 71.8 Å². The lowest BCUT2D eigenvalue weighted by Gasteiger charge is -2.23. The molecule has 2 aromatic rings. The molecule has 0 aliphatic heterocycles. The molecular weight excluding hydrogens is 322 g/mol. The van der Waals surface area contributed by atoms with E-state index in [1.54, 1.807) is 4.90 Å². The lowest BCUT2D eigenvalue weighted by Crippen LogP contribution is -2.31. The number of carbonyl (C=O) groups excluding carboxylic acids is 1. The maximum absolute atomic E-state index is 12.5. The Labute approximate surface area is 146 Å². The number of carboxylic acids is 1. The summed E-state index contributed by atoms with van der Waals surface area (Å²) in [7, 11) is 0. The Morgan fingerprint density at radius 3 is 2.08 bits per heavy atom. The number of carbonyl (C=O) groups is 2. The van der Waals surface area contributed by atoms with Crippen LogP contribution in [0.25, 0.3) is 0 Å². The van der Waals surface area contributed by atoms with Crippen LogP contribution in [0.15, 0.2) is 60.7 Å². The molecule has 0 radical (unpaired) electrons. The summed E-state index contributed by atoms with van der Waals surface area (Å²) in [6.45, 7) is 2.56. The van der Waals surface area contributed by atoms with E-state index in [4.69, 9.17) is 5.11 Å². The topological polar surface area (TPSA) is 57.6 Å². The molecule has 4 nitrogen and oxygen atoms in total. The molecule has 1 amide bonds. The third kappa shape index (κ3) is 5.74. The van der Waals surface area contributed by atoms with Crippen molar-refractivity contribution in [1.82, 2.24) is 4.90 Å². The molecule has 0 aliphatic rings. The molecule has 24 heavy (non-hydrogen) atoms. The van der Waals surface area contributed by atoms with Crippen LogP contribution in [-0.2, 0) is 17.8 Å². The molecular formula is C19H21NO3S. The van der Waals surface area contributed by atoms with Gasteiger partial charge in [-0.3, -0.25) is 9.59 Å². The van der Waals surface area contributed by atoms with E-state index in [-0.39, 0.29) is 5.24 Å². The van der Waals surface area contributed by atoms with Crippen molar-refractivity contribution >= 4 is 23.0 Å². The van der Waals surface area contributed by atoms with E-state index < -0.39 is 11.2 Å². The molecule has 0 fully saturated rings. The highest BCUT2D eigenvalue weighted by Gasteiger charge is 2.21. The van der Waals surface area contributed by atoms with Gasteiger partial charge in [0.2, 0.25) is 0 Å². The predicted octanol–water partition coefficient (Wildman–Crippen LogP) is 4.06. The molecule has 0 unspecified atom stereocenters. The molecule has 2 rings (SSSR count). The van der Waals surface area contributed by atoms with E-state index in [1.807, 2.05) is 60.7 Å². The fourth-order valence-corrected chi connectivity index (χ4v) is 2.93. The summed E-state index contributed by atoms with van der Waals surface area (Å²) in [5.74, 6) is -0.976. The lowest BCUT2D eigenvalue weighted by molar-refractivity contribution is -0.136. The van der Waals surface area contributed by atoms with Crippen LogP contribution in [0, 0.1) is 0 Å². The second-order valence-electron chi connectivity index (χ2n) is 5.51. The van der Waals surface area contributed by atoms with Crippen molar-refractivity contribution in [1.29, 1.82) is 0 Å². The van der Waals surface area contributed by atoms with Gasteiger partial charge >= 0.3 is 5.97 Å². The van der Waals surface area contributed by atoms with Crippen LogP contribution in [0.4, 0.5) is 4.79 Å². The third-order valence-corrected chi connectivity index (χ3v) is 4.63. The molecule has 2 aromatic carbocycles. The summed E-state index contributed by atoms with van der Waals surface area (Å²) in [5, 5.41) is 8.06. The molecule has 0 saturated carbocycles. The van der Waals surface area contributed by atoms with Gasteiger partial charge in [0, 0.05) is 13.1 Å². The molecule has 0 spiro atoms. The van der Waals surface area contributed by atoms with Crippen molar-refractivity contribution in [3.8, 4) is 0 Å². The molecule has 0 aromatic heterocycles. The molecule has 1 atom stereocenters. The summed E-state index contributed by atoms with van der Waals surface area (Å²) in [4.78, 5) is 25.2. The number of aliphatic carboxylic acids is 1. The van der Waals surface area contributed by atoms with Gasteiger partial charge in [-0.15, -0.1) is 0 Å². The highest BCUT2D eigenvalue weighted by molar-refractivity contribution is 8.14. The van der Waals surface area contributed by atoms with Gasteiger partial charge in [0.15, 0.2) is 0 Å². The first-order valence-corrected chi connectivity index (χ1v) is 8.70. The van der Waals surface area contributed by atoms with Gasteiger partial charge in [0.25, 0.3) is 5.24 Å². The number of carboxylic acid groups (broad SMARTS) is 1. The molecule has 0 saturated heterocycles. The van der Waals surface area contributed by atoms with Crippen molar-refractivity contribution in [2.45, 2.75) is 25.1 Å². The lowest BCUT2D eigenvalue weighted by atomic mass is 10.1. The minimum absolute atomic E-state index is 0.204. The van der Waals surface area contributed by atoms with Gasteiger partial charge in [0.1, 0.15) is 5.25 Å². The van der Waals surface area contributed by atoms with E-state index in [0.717, 1.165) is 29.3 Å². The second kappa shape index (κ2) is 9.13. The van der Waals surface area contributed by atoms with E-state index >= 15 is 0 Å². The summed E-state index contributed by atoms with van der Waals surface area (Å²) in [6, 6.07) is 19.7. The quantitative estimate of drug-likeness (QED) is 0.824. The highest BCUT2D eigenvalue weighted by atomic mass is 32.2. The number of rotatable bonds is 7. The molecule has 0 bridgehead atoms. The Balaban J connectivity index is 2.05. The normalized spacial score (nSPS) is 11.7. The Bertz CT molecular complexity index is 661. The Morgan fingerprint density at radius 2 is 1.54 bits per heavy atom. The average Bonchev–Trinajstić information content (AvgIpc) is 2.60. The molecule has 126 valence electrons. The van der Waals surface area contributed by atoms with E-state index in [1.165, 1.54) is 6.92 Å². The van der Waals surface area contributed by atoms with Crippen LogP contribution in [0.1, 0.15) is 18.1 Å². The van der Waals surface area contributed by atoms with Gasteiger partial charge in [-0.2, -0.15) is 0 Å². The van der Waals surface area contributed by atoms with Crippen LogP contribution in [0.2, 0.25) is 0 Å². The fraction of sp³-hybridized carbons (Fsp3) is 0.263. The van der Waals surface area contributed by atoms with Gasteiger partial charge in [-0.05, 0) is 36.2 Å². The van der Waals surface area contributed by atoms with Gasteiger partial charge in [0.05, 0.1) is 0 Å². The van der Waals surface area contributed by atoms with Crippen LogP contribution in [0.5, 0.6) is 0 Å². The van der Waals surface area contributed by atoms with E-state index in [2.05, 4.69) is 0 Å². The average molecular weight is 343 g/mol. The van der Waals surface area contributed by atoms with Gasteiger partial charge < -0.3 is 10.0 Å².